The normalized spacial score (nSPS) is 22.5. The van der Waals surface area contributed by atoms with E-state index in [1.807, 2.05) is 11.8 Å². The molecular formula is C16H28F3N5O. The number of hydrogen-bond donors (Lipinski definition) is 2. The number of carbonyl (C=O) groups is 1. The lowest BCUT2D eigenvalue weighted by molar-refractivity contribution is -0.143. The van der Waals surface area contributed by atoms with E-state index in [4.69, 9.17) is 0 Å². The van der Waals surface area contributed by atoms with Crippen molar-refractivity contribution in [1.82, 2.24) is 20.4 Å². The minimum atomic E-state index is -4.14. The number of nitrogens with zero attached hydrogens (tertiary/aromatic N) is 3. The summed E-state index contributed by atoms with van der Waals surface area (Å²) >= 11 is 0. The molecule has 1 unspecified atom stereocenters. The fraction of sp³-hybridized carbons (Fsp3) is 0.875. The van der Waals surface area contributed by atoms with Crippen LogP contribution in [0.4, 0.5) is 13.2 Å². The topological polar surface area (TPSA) is 60.0 Å². The van der Waals surface area contributed by atoms with E-state index >= 15 is 0 Å². The van der Waals surface area contributed by atoms with Gasteiger partial charge in [0, 0.05) is 32.7 Å². The van der Waals surface area contributed by atoms with Gasteiger partial charge in [-0.1, -0.05) is 0 Å². The Morgan fingerprint density at radius 1 is 1.20 bits per heavy atom. The second-order valence-electron chi connectivity index (χ2n) is 6.67. The molecule has 2 fully saturated rings. The predicted octanol–water partition coefficient (Wildman–Crippen LogP) is 1.05. The number of alkyl halides is 3. The van der Waals surface area contributed by atoms with Gasteiger partial charge in [-0.3, -0.25) is 9.69 Å². The van der Waals surface area contributed by atoms with Gasteiger partial charge in [-0.15, -0.1) is 0 Å². The second-order valence-corrected chi connectivity index (χ2v) is 6.67. The van der Waals surface area contributed by atoms with Crippen molar-refractivity contribution < 1.29 is 18.0 Å². The molecule has 1 atom stereocenters. The van der Waals surface area contributed by atoms with Gasteiger partial charge in [0.05, 0.1) is 6.54 Å². The Hall–Kier alpha value is -1.51. The monoisotopic (exact) mass is 363 g/mol. The fourth-order valence-corrected chi connectivity index (χ4v) is 3.27. The zero-order valence-electron chi connectivity index (χ0n) is 14.7. The van der Waals surface area contributed by atoms with Crippen molar-refractivity contribution in [1.29, 1.82) is 0 Å². The standard InChI is InChI=1S/C16H28F3N5O/c1-2-20-15(22-10-14(25)24-6-3-4-7-24)21-9-13-5-8-23(11-13)12-16(17,18)19/h13H,2-12H2,1H3,(H2,20,21,22). The molecule has 2 saturated heterocycles. The molecule has 0 bridgehead atoms. The largest absolute Gasteiger partial charge is 0.401 e. The van der Waals surface area contributed by atoms with Crippen molar-refractivity contribution in [2.75, 3.05) is 52.4 Å². The number of guanidine groups is 1. The van der Waals surface area contributed by atoms with Crippen molar-refractivity contribution in [3.8, 4) is 0 Å². The number of hydrogen-bond acceptors (Lipinski definition) is 3. The Morgan fingerprint density at radius 3 is 2.56 bits per heavy atom. The molecule has 2 N–H and O–H groups in total. The van der Waals surface area contributed by atoms with Gasteiger partial charge < -0.3 is 15.5 Å². The van der Waals surface area contributed by atoms with Gasteiger partial charge in [0.1, 0.15) is 6.54 Å². The third-order valence-corrected chi connectivity index (χ3v) is 4.51. The van der Waals surface area contributed by atoms with Gasteiger partial charge in [0.2, 0.25) is 5.91 Å². The molecule has 144 valence electrons. The van der Waals surface area contributed by atoms with Gasteiger partial charge in [-0.05, 0) is 38.6 Å². The van der Waals surface area contributed by atoms with E-state index in [1.165, 1.54) is 4.90 Å². The first-order chi connectivity index (χ1) is 11.9. The lowest BCUT2D eigenvalue weighted by atomic mass is 10.1. The maximum absolute atomic E-state index is 12.4. The zero-order chi connectivity index (χ0) is 18.3. The number of carbonyl (C=O) groups excluding carboxylic acids is 1. The number of rotatable bonds is 6. The van der Waals surface area contributed by atoms with E-state index < -0.39 is 12.7 Å². The highest BCUT2D eigenvalue weighted by Gasteiger charge is 2.34. The van der Waals surface area contributed by atoms with Gasteiger partial charge in [0.15, 0.2) is 5.96 Å². The SMILES string of the molecule is CCNC(=NCC(=O)N1CCCC1)NCC1CCN(CC(F)(F)F)C1. The summed E-state index contributed by atoms with van der Waals surface area (Å²) in [4.78, 5) is 19.6. The number of halogens is 3. The van der Waals surface area contributed by atoms with E-state index in [9.17, 15) is 18.0 Å². The van der Waals surface area contributed by atoms with Crippen molar-refractivity contribution in [2.45, 2.75) is 32.4 Å². The van der Waals surface area contributed by atoms with E-state index in [-0.39, 0.29) is 18.4 Å². The van der Waals surface area contributed by atoms with Crippen LogP contribution in [0.5, 0.6) is 0 Å². The summed E-state index contributed by atoms with van der Waals surface area (Å²) < 4.78 is 37.3. The van der Waals surface area contributed by atoms with E-state index in [0.717, 1.165) is 32.4 Å². The minimum Gasteiger partial charge on any atom is -0.357 e. The summed E-state index contributed by atoms with van der Waals surface area (Å²) in [7, 11) is 0. The van der Waals surface area contributed by atoms with E-state index in [2.05, 4.69) is 15.6 Å². The van der Waals surface area contributed by atoms with E-state index in [0.29, 0.717) is 32.1 Å². The van der Waals surface area contributed by atoms with Crippen LogP contribution in [0.3, 0.4) is 0 Å². The predicted molar refractivity (Wildman–Crippen MR) is 90.4 cm³/mol. The van der Waals surface area contributed by atoms with Crippen molar-refractivity contribution in [3.63, 3.8) is 0 Å². The van der Waals surface area contributed by atoms with Crippen LogP contribution in [0.15, 0.2) is 4.99 Å². The molecule has 0 aromatic heterocycles. The molecule has 9 heteroatoms. The molecule has 0 aromatic carbocycles. The molecule has 0 spiro atoms. The smallest absolute Gasteiger partial charge is 0.357 e. The van der Waals surface area contributed by atoms with Crippen LogP contribution in [0.25, 0.3) is 0 Å². The molecule has 2 heterocycles. The molecule has 0 aliphatic carbocycles. The summed E-state index contributed by atoms with van der Waals surface area (Å²) in [6.07, 6.45) is -1.32. The molecule has 2 aliphatic rings. The number of nitrogens with one attached hydrogen (secondary N) is 2. The average Bonchev–Trinajstić information content (AvgIpc) is 3.20. The molecule has 0 radical (unpaired) electrons. The molecule has 6 nitrogen and oxygen atoms in total. The lowest BCUT2D eigenvalue weighted by Crippen LogP contribution is -2.41. The second kappa shape index (κ2) is 9.26. The molecular weight excluding hydrogens is 335 g/mol. The van der Waals surface area contributed by atoms with Gasteiger partial charge >= 0.3 is 6.18 Å². The highest BCUT2D eigenvalue weighted by Crippen LogP contribution is 2.22. The highest BCUT2D eigenvalue weighted by atomic mass is 19.4. The maximum atomic E-state index is 12.4. The summed E-state index contributed by atoms with van der Waals surface area (Å²) in [6.45, 7) is 4.89. The first-order valence-corrected chi connectivity index (χ1v) is 8.96. The van der Waals surface area contributed by atoms with Crippen LogP contribution < -0.4 is 10.6 Å². The van der Waals surface area contributed by atoms with Crippen LogP contribution >= 0.6 is 0 Å². The lowest BCUT2D eigenvalue weighted by Gasteiger charge is -2.19. The van der Waals surface area contributed by atoms with Crippen molar-refractivity contribution in [3.05, 3.63) is 0 Å². The Labute approximate surface area is 146 Å². The van der Waals surface area contributed by atoms with Crippen LogP contribution in [0, 0.1) is 5.92 Å². The van der Waals surface area contributed by atoms with Crippen LogP contribution in [0.1, 0.15) is 26.2 Å². The summed E-state index contributed by atoms with van der Waals surface area (Å²) in [5.41, 5.74) is 0. The summed E-state index contributed by atoms with van der Waals surface area (Å²) in [6, 6.07) is 0. The van der Waals surface area contributed by atoms with Gasteiger partial charge in [0.25, 0.3) is 0 Å². The highest BCUT2D eigenvalue weighted by molar-refractivity contribution is 5.85. The third-order valence-electron chi connectivity index (χ3n) is 4.51. The van der Waals surface area contributed by atoms with Crippen LogP contribution in [-0.4, -0.2) is 80.2 Å². The molecule has 2 aliphatic heterocycles. The Balaban J connectivity index is 1.75. The quantitative estimate of drug-likeness (QED) is 0.547. The Bertz CT molecular complexity index is 463. The molecule has 1 amide bonds. The fourth-order valence-electron chi connectivity index (χ4n) is 3.27. The Morgan fingerprint density at radius 2 is 1.92 bits per heavy atom. The Kier molecular flexibility index (Phi) is 7.34. The first kappa shape index (κ1) is 19.8. The number of likely N-dealkylation sites (tertiary alicyclic amines) is 2. The molecule has 2 rings (SSSR count). The number of amides is 1. The number of aliphatic imine (C=N–C) groups is 1. The van der Waals surface area contributed by atoms with Crippen LogP contribution in [-0.2, 0) is 4.79 Å². The maximum Gasteiger partial charge on any atom is 0.401 e. The zero-order valence-corrected chi connectivity index (χ0v) is 14.7. The summed E-state index contributed by atoms with van der Waals surface area (Å²) in [5.74, 6) is 0.719. The minimum absolute atomic E-state index is 0.0203. The van der Waals surface area contributed by atoms with E-state index in [1.54, 1.807) is 0 Å². The van der Waals surface area contributed by atoms with Gasteiger partial charge in [-0.2, -0.15) is 13.2 Å². The molecule has 0 aromatic rings. The molecule has 25 heavy (non-hydrogen) atoms. The van der Waals surface area contributed by atoms with Crippen molar-refractivity contribution >= 4 is 11.9 Å². The first-order valence-electron chi connectivity index (χ1n) is 8.96. The average molecular weight is 363 g/mol. The van der Waals surface area contributed by atoms with Crippen LogP contribution in [0.2, 0.25) is 0 Å². The van der Waals surface area contributed by atoms with Crippen molar-refractivity contribution in [2.24, 2.45) is 10.9 Å². The van der Waals surface area contributed by atoms with Gasteiger partial charge in [-0.25, -0.2) is 4.99 Å². The summed E-state index contributed by atoms with van der Waals surface area (Å²) in [5, 5.41) is 6.23. The molecule has 0 saturated carbocycles. The third kappa shape index (κ3) is 7.09.